The molecule has 5 nitrogen and oxygen atoms in total. The zero-order valence-electron chi connectivity index (χ0n) is 12.6. The molecule has 0 heterocycles. The Labute approximate surface area is 125 Å². The van der Waals surface area contributed by atoms with E-state index in [2.05, 4.69) is 5.32 Å². The molecule has 2 N–H and O–H groups in total. The number of nitrogens with one attached hydrogen (secondary N) is 1. The lowest BCUT2D eigenvalue weighted by atomic mass is 9.79. The van der Waals surface area contributed by atoms with Crippen LogP contribution in [-0.4, -0.2) is 37.2 Å². The molecule has 1 amide bonds. The first-order chi connectivity index (χ1) is 10.0. The van der Waals surface area contributed by atoms with Crippen molar-refractivity contribution in [2.75, 3.05) is 20.3 Å². The Morgan fingerprint density at radius 3 is 2.48 bits per heavy atom. The summed E-state index contributed by atoms with van der Waals surface area (Å²) in [4.78, 5) is 23.5. The number of ether oxygens (including phenoxy) is 1. The molecule has 1 rings (SSSR count). The van der Waals surface area contributed by atoms with Crippen LogP contribution in [0, 0.1) is 0 Å². The molecule has 1 aromatic carbocycles. The van der Waals surface area contributed by atoms with Gasteiger partial charge in [-0.05, 0) is 25.3 Å². The van der Waals surface area contributed by atoms with Crippen molar-refractivity contribution in [3.05, 3.63) is 35.9 Å². The summed E-state index contributed by atoms with van der Waals surface area (Å²) in [7, 11) is 1.64. The lowest BCUT2D eigenvalue weighted by Gasteiger charge is -2.24. The number of amides is 1. The van der Waals surface area contributed by atoms with Crippen LogP contribution in [0.5, 0.6) is 0 Å². The standard InChI is InChI=1S/C16H23NO4/c1-16(15(19)20,13-8-4-3-5-9-13)12-14(18)17-10-6-7-11-21-2/h3-5,8-9H,6-7,10-12H2,1-2H3,(H,17,18)(H,19,20). The summed E-state index contributed by atoms with van der Waals surface area (Å²) in [5.74, 6) is -1.25. The maximum atomic E-state index is 12.0. The third kappa shape index (κ3) is 5.19. The molecule has 1 unspecified atom stereocenters. The van der Waals surface area contributed by atoms with E-state index < -0.39 is 11.4 Å². The Morgan fingerprint density at radius 1 is 1.24 bits per heavy atom. The van der Waals surface area contributed by atoms with Crippen LogP contribution in [0.4, 0.5) is 0 Å². The fourth-order valence-corrected chi connectivity index (χ4v) is 2.09. The zero-order valence-corrected chi connectivity index (χ0v) is 12.6. The molecular formula is C16H23NO4. The first-order valence-electron chi connectivity index (χ1n) is 7.05. The van der Waals surface area contributed by atoms with Crippen LogP contribution in [0.15, 0.2) is 30.3 Å². The van der Waals surface area contributed by atoms with Gasteiger partial charge in [-0.3, -0.25) is 9.59 Å². The van der Waals surface area contributed by atoms with E-state index in [4.69, 9.17) is 4.74 Å². The SMILES string of the molecule is COCCCCNC(=O)CC(C)(C(=O)O)c1ccccc1. The van der Waals surface area contributed by atoms with Crippen molar-refractivity contribution in [1.29, 1.82) is 0 Å². The number of hydrogen-bond donors (Lipinski definition) is 2. The van der Waals surface area contributed by atoms with Gasteiger partial charge in [-0.25, -0.2) is 0 Å². The maximum Gasteiger partial charge on any atom is 0.314 e. The van der Waals surface area contributed by atoms with Crippen molar-refractivity contribution < 1.29 is 19.4 Å². The van der Waals surface area contributed by atoms with Gasteiger partial charge in [0.2, 0.25) is 5.91 Å². The zero-order chi connectivity index (χ0) is 15.7. The highest BCUT2D eigenvalue weighted by Crippen LogP contribution is 2.27. The summed E-state index contributed by atoms with van der Waals surface area (Å²) in [5.41, 5.74) is -0.579. The smallest absolute Gasteiger partial charge is 0.314 e. The van der Waals surface area contributed by atoms with E-state index in [1.54, 1.807) is 38.3 Å². The number of carboxylic acids is 1. The number of carbonyl (C=O) groups excluding carboxylic acids is 1. The molecule has 1 aromatic rings. The summed E-state index contributed by atoms with van der Waals surface area (Å²) >= 11 is 0. The van der Waals surface area contributed by atoms with Gasteiger partial charge in [0.15, 0.2) is 0 Å². The topological polar surface area (TPSA) is 75.6 Å². The molecule has 0 aliphatic rings. The summed E-state index contributed by atoms with van der Waals surface area (Å²) < 4.78 is 4.93. The van der Waals surface area contributed by atoms with Crippen LogP contribution in [0.2, 0.25) is 0 Å². The monoisotopic (exact) mass is 293 g/mol. The minimum atomic E-state index is -1.21. The van der Waals surface area contributed by atoms with Gasteiger partial charge < -0.3 is 15.2 Å². The summed E-state index contributed by atoms with van der Waals surface area (Å²) in [6, 6.07) is 8.85. The summed E-state index contributed by atoms with van der Waals surface area (Å²) in [5, 5.41) is 12.2. The summed E-state index contributed by atoms with van der Waals surface area (Å²) in [6.45, 7) is 2.77. The van der Waals surface area contributed by atoms with Crippen molar-refractivity contribution in [2.45, 2.75) is 31.6 Å². The van der Waals surface area contributed by atoms with Crippen LogP contribution >= 0.6 is 0 Å². The average Bonchev–Trinajstić information content (AvgIpc) is 2.47. The van der Waals surface area contributed by atoms with E-state index in [0.717, 1.165) is 12.8 Å². The molecule has 1 atom stereocenters. The molecule has 5 heteroatoms. The molecule has 0 aliphatic heterocycles. The molecule has 0 aromatic heterocycles. The number of aliphatic carboxylic acids is 1. The fourth-order valence-electron chi connectivity index (χ4n) is 2.09. The first kappa shape index (κ1) is 17.2. The average molecular weight is 293 g/mol. The van der Waals surface area contributed by atoms with Crippen LogP contribution in [-0.2, 0) is 19.7 Å². The Morgan fingerprint density at radius 2 is 1.90 bits per heavy atom. The highest BCUT2D eigenvalue weighted by molar-refractivity contribution is 5.89. The number of methoxy groups -OCH3 is 1. The highest BCUT2D eigenvalue weighted by Gasteiger charge is 2.37. The van der Waals surface area contributed by atoms with Gasteiger partial charge in [0, 0.05) is 26.7 Å². The second-order valence-corrected chi connectivity index (χ2v) is 5.23. The molecule has 116 valence electrons. The van der Waals surface area contributed by atoms with E-state index in [0.29, 0.717) is 18.7 Å². The van der Waals surface area contributed by atoms with E-state index in [-0.39, 0.29) is 12.3 Å². The van der Waals surface area contributed by atoms with Crippen LogP contribution in [0.1, 0.15) is 31.7 Å². The van der Waals surface area contributed by atoms with Gasteiger partial charge in [0.25, 0.3) is 0 Å². The predicted octanol–water partition coefficient (Wildman–Crippen LogP) is 1.96. The molecule has 21 heavy (non-hydrogen) atoms. The van der Waals surface area contributed by atoms with Crippen molar-refractivity contribution in [3.8, 4) is 0 Å². The van der Waals surface area contributed by atoms with E-state index in [1.165, 1.54) is 0 Å². The van der Waals surface area contributed by atoms with Crippen molar-refractivity contribution >= 4 is 11.9 Å². The number of rotatable bonds is 9. The van der Waals surface area contributed by atoms with Gasteiger partial charge in [-0.2, -0.15) is 0 Å². The number of unbranched alkanes of at least 4 members (excludes halogenated alkanes) is 1. The quantitative estimate of drug-likeness (QED) is 0.682. The largest absolute Gasteiger partial charge is 0.481 e. The molecule has 0 saturated carbocycles. The third-order valence-corrected chi connectivity index (χ3v) is 3.49. The molecule has 0 bridgehead atoms. The van der Waals surface area contributed by atoms with E-state index in [9.17, 15) is 14.7 Å². The number of carbonyl (C=O) groups is 2. The van der Waals surface area contributed by atoms with Crippen molar-refractivity contribution in [2.24, 2.45) is 0 Å². The third-order valence-electron chi connectivity index (χ3n) is 3.49. The predicted molar refractivity (Wildman–Crippen MR) is 80.2 cm³/mol. The Kier molecular flexibility index (Phi) is 6.88. The van der Waals surface area contributed by atoms with Crippen LogP contribution in [0.3, 0.4) is 0 Å². The van der Waals surface area contributed by atoms with Gasteiger partial charge >= 0.3 is 5.97 Å². The number of hydrogen-bond acceptors (Lipinski definition) is 3. The van der Waals surface area contributed by atoms with Gasteiger partial charge in [-0.1, -0.05) is 30.3 Å². The number of carboxylic acid groups (broad SMARTS) is 1. The highest BCUT2D eigenvalue weighted by atomic mass is 16.5. The van der Waals surface area contributed by atoms with E-state index >= 15 is 0 Å². The number of benzene rings is 1. The Bertz CT molecular complexity index is 461. The molecule has 0 radical (unpaired) electrons. The fraction of sp³-hybridized carbons (Fsp3) is 0.500. The second kappa shape index (κ2) is 8.42. The van der Waals surface area contributed by atoms with Gasteiger partial charge in [0.1, 0.15) is 0 Å². The van der Waals surface area contributed by atoms with Gasteiger partial charge in [0.05, 0.1) is 5.41 Å². The Hall–Kier alpha value is -1.88. The second-order valence-electron chi connectivity index (χ2n) is 5.23. The van der Waals surface area contributed by atoms with Crippen LogP contribution in [0.25, 0.3) is 0 Å². The molecule has 0 saturated heterocycles. The van der Waals surface area contributed by atoms with Crippen molar-refractivity contribution in [3.63, 3.8) is 0 Å². The van der Waals surface area contributed by atoms with Crippen molar-refractivity contribution in [1.82, 2.24) is 5.32 Å². The Balaban J connectivity index is 2.59. The molecule has 0 fully saturated rings. The minimum absolute atomic E-state index is 0.0728. The molecule has 0 spiro atoms. The molecule has 0 aliphatic carbocycles. The van der Waals surface area contributed by atoms with E-state index in [1.807, 2.05) is 6.07 Å². The minimum Gasteiger partial charge on any atom is -0.481 e. The summed E-state index contributed by atoms with van der Waals surface area (Å²) in [6.07, 6.45) is 1.61. The lowest BCUT2D eigenvalue weighted by Crippen LogP contribution is -2.39. The van der Waals surface area contributed by atoms with Crippen LogP contribution < -0.4 is 5.32 Å². The van der Waals surface area contributed by atoms with Gasteiger partial charge in [-0.15, -0.1) is 0 Å². The normalized spacial score (nSPS) is 13.4. The first-order valence-corrected chi connectivity index (χ1v) is 7.05. The maximum absolute atomic E-state index is 12.0. The lowest BCUT2D eigenvalue weighted by molar-refractivity contribution is -0.145. The molecular weight excluding hydrogens is 270 g/mol.